The van der Waals surface area contributed by atoms with Gasteiger partial charge in [-0.1, -0.05) is 19.3 Å². The summed E-state index contributed by atoms with van der Waals surface area (Å²) >= 11 is 0. The van der Waals surface area contributed by atoms with E-state index in [0.29, 0.717) is 16.5 Å². The van der Waals surface area contributed by atoms with Crippen molar-refractivity contribution in [3.05, 3.63) is 0 Å². The maximum Gasteiger partial charge on any atom is 0.0167 e. The molecule has 1 heterocycles. The summed E-state index contributed by atoms with van der Waals surface area (Å²) in [4.78, 5) is 2.80. The number of nitrogens with zero attached hydrogens (tertiary/aromatic N) is 1. The molecule has 1 heteroatoms. The van der Waals surface area contributed by atoms with E-state index in [1.807, 2.05) is 0 Å². The minimum Gasteiger partial charge on any atom is -0.290 e. The van der Waals surface area contributed by atoms with Crippen molar-refractivity contribution in [1.29, 1.82) is 0 Å². The Morgan fingerprint density at radius 3 is 1.94 bits per heavy atom. The van der Waals surface area contributed by atoms with E-state index in [0.717, 1.165) is 6.04 Å². The number of hydrogen-bond acceptors (Lipinski definition) is 1. The highest BCUT2D eigenvalue weighted by molar-refractivity contribution is 5.10. The lowest BCUT2D eigenvalue weighted by Crippen LogP contribution is -2.54. The average Bonchev–Trinajstić information content (AvgIpc) is 2.33. The van der Waals surface area contributed by atoms with Crippen molar-refractivity contribution in [3.8, 4) is 0 Å². The van der Waals surface area contributed by atoms with Gasteiger partial charge in [-0.25, -0.2) is 0 Å². The second-order valence-electron chi connectivity index (χ2n) is 8.13. The predicted octanol–water partition coefficient (Wildman–Crippen LogP) is 4.61. The second kappa shape index (κ2) is 3.98. The number of likely N-dealkylation sites (tertiary alicyclic amines) is 1. The van der Waals surface area contributed by atoms with Crippen LogP contribution in [0.5, 0.6) is 0 Å². The Kier molecular flexibility index (Phi) is 3.14. The van der Waals surface area contributed by atoms with Gasteiger partial charge in [0.05, 0.1) is 0 Å². The lowest BCUT2D eigenvalue weighted by molar-refractivity contribution is 0.0174. The quantitative estimate of drug-likeness (QED) is 0.595. The highest BCUT2D eigenvalue weighted by Gasteiger charge is 2.56. The zero-order chi connectivity index (χ0) is 12.9. The lowest BCUT2D eigenvalue weighted by Gasteiger charge is -2.46. The molecule has 1 aliphatic heterocycles. The summed E-state index contributed by atoms with van der Waals surface area (Å²) < 4.78 is 0. The molecule has 1 aliphatic carbocycles. The molecule has 1 atom stereocenters. The Bertz CT molecular complexity index is 278. The first kappa shape index (κ1) is 13.4. The van der Waals surface area contributed by atoms with Gasteiger partial charge >= 0.3 is 0 Å². The van der Waals surface area contributed by atoms with Crippen molar-refractivity contribution in [1.82, 2.24) is 4.90 Å². The SMILES string of the molecule is C[C@@H]1N(C(C)(C)C)C(C)(C)CC12CCCCC2. The first-order chi connectivity index (χ1) is 7.69. The molecule has 0 N–H and O–H groups in total. The fourth-order valence-corrected chi connectivity index (χ4v) is 5.23. The Hall–Kier alpha value is -0.0400. The van der Waals surface area contributed by atoms with E-state index in [-0.39, 0.29) is 0 Å². The van der Waals surface area contributed by atoms with E-state index in [2.05, 4.69) is 46.4 Å². The minimum atomic E-state index is 0.295. The third-order valence-electron chi connectivity index (χ3n) is 5.28. The maximum atomic E-state index is 2.80. The van der Waals surface area contributed by atoms with Gasteiger partial charge in [-0.3, -0.25) is 4.90 Å². The molecule has 0 radical (unpaired) electrons. The molecule has 17 heavy (non-hydrogen) atoms. The van der Waals surface area contributed by atoms with Gasteiger partial charge in [-0.15, -0.1) is 0 Å². The molecule has 0 bridgehead atoms. The summed E-state index contributed by atoms with van der Waals surface area (Å²) in [6, 6.07) is 0.748. The largest absolute Gasteiger partial charge is 0.290 e. The van der Waals surface area contributed by atoms with Crippen molar-refractivity contribution in [2.75, 3.05) is 0 Å². The summed E-state index contributed by atoms with van der Waals surface area (Å²) in [6.07, 6.45) is 8.70. The van der Waals surface area contributed by atoms with E-state index in [4.69, 9.17) is 0 Å². The van der Waals surface area contributed by atoms with Gasteiger partial charge < -0.3 is 0 Å². The van der Waals surface area contributed by atoms with Crippen LogP contribution in [0.1, 0.15) is 80.1 Å². The highest BCUT2D eigenvalue weighted by Crippen LogP contribution is 2.56. The molecular weight excluding hydrogens is 206 g/mol. The van der Waals surface area contributed by atoms with Crippen molar-refractivity contribution < 1.29 is 0 Å². The van der Waals surface area contributed by atoms with Gasteiger partial charge in [-0.05, 0) is 66.2 Å². The zero-order valence-corrected chi connectivity index (χ0v) is 12.8. The summed E-state index contributed by atoms with van der Waals surface area (Å²) in [7, 11) is 0. The maximum absolute atomic E-state index is 2.80. The van der Waals surface area contributed by atoms with Crippen molar-refractivity contribution in [3.63, 3.8) is 0 Å². The molecule has 0 unspecified atom stereocenters. The molecule has 1 spiro atoms. The van der Waals surface area contributed by atoms with Crippen LogP contribution in [-0.4, -0.2) is 22.0 Å². The minimum absolute atomic E-state index is 0.295. The molecule has 0 amide bonds. The van der Waals surface area contributed by atoms with Crippen LogP contribution in [0.2, 0.25) is 0 Å². The first-order valence-electron chi connectivity index (χ1n) is 7.49. The van der Waals surface area contributed by atoms with Crippen LogP contribution in [0, 0.1) is 5.41 Å². The van der Waals surface area contributed by atoms with E-state index < -0.39 is 0 Å². The molecule has 0 aromatic rings. The van der Waals surface area contributed by atoms with Crippen molar-refractivity contribution in [2.45, 2.75) is 97.2 Å². The third-order valence-corrected chi connectivity index (χ3v) is 5.28. The standard InChI is InChI=1S/C16H31N/c1-13-16(10-8-7-9-11-16)12-15(5,6)17(13)14(2,3)4/h13H,7-12H2,1-6H3/t13-/m0/s1. The monoisotopic (exact) mass is 237 g/mol. The van der Waals surface area contributed by atoms with Gasteiger partial charge in [0.15, 0.2) is 0 Å². The molecule has 2 aliphatic rings. The lowest BCUT2D eigenvalue weighted by atomic mass is 9.68. The van der Waals surface area contributed by atoms with Gasteiger partial charge in [0, 0.05) is 17.1 Å². The van der Waals surface area contributed by atoms with Gasteiger partial charge in [0.2, 0.25) is 0 Å². The normalized spacial score (nSPS) is 33.2. The van der Waals surface area contributed by atoms with Gasteiger partial charge in [0.1, 0.15) is 0 Å². The zero-order valence-electron chi connectivity index (χ0n) is 12.8. The van der Waals surface area contributed by atoms with Crippen LogP contribution in [0.25, 0.3) is 0 Å². The van der Waals surface area contributed by atoms with Crippen LogP contribution in [0.4, 0.5) is 0 Å². The molecule has 1 nitrogen and oxygen atoms in total. The Labute approximate surface area is 108 Å². The molecule has 2 fully saturated rings. The Morgan fingerprint density at radius 1 is 1.00 bits per heavy atom. The molecule has 2 rings (SSSR count). The first-order valence-corrected chi connectivity index (χ1v) is 7.49. The van der Waals surface area contributed by atoms with E-state index in [9.17, 15) is 0 Å². The summed E-state index contributed by atoms with van der Waals surface area (Å²) in [6.45, 7) is 14.6. The van der Waals surface area contributed by atoms with E-state index in [1.54, 1.807) is 0 Å². The van der Waals surface area contributed by atoms with Crippen LogP contribution in [0.15, 0.2) is 0 Å². The fourth-order valence-electron chi connectivity index (χ4n) is 5.23. The molecule has 1 saturated carbocycles. The van der Waals surface area contributed by atoms with Crippen LogP contribution >= 0.6 is 0 Å². The number of hydrogen-bond donors (Lipinski definition) is 0. The Balaban J connectivity index is 2.31. The molecule has 1 saturated heterocycles. The van der Waals surface area contributed by atoms with Crippen molar-refractivity contribution in [2.24, 2.45) is 5.41 Å². The smallest absolute Gasteiger partial charge is 0.0167 e. The fraction of sp³-hybridized carbons (Fsp3) is 1.00. The molecule has 0 aromatic heterocycles. The molecule has 0 aromatic carbocycles. The summed E-state index contributed by atoms with van der Waals surface area (Å²) in [5.41, 5.74) is 1.29. The third kappa shape index (κ3) is 2.16. The average molecular weight is 237 g/mol. The molecule has 100 valence electrons. The number of rotatable bonds is 0. The van der Waals surface area contributed by atoms with Gasteiger partial charge in [-0.2, -0.15) is 0 Å². The van der Waals surface area contributed by atoms with Crippen LogP contribution in [-0.2, 0) is 0 Å². The second-order valence-corrected chi connectivity index (χ2v) is 8.13. The van der Waals surface area contributed by atoms with E-state index in [1.165, 1.54) is 38.5 Å². The van der Waals surface area contributed by atoms with E-state index >= 15 is 0 Å². The topological polar surface area (TPSA) is 3.24 Å². The summed E-state index contributed by atoms with van der Waals surface area (Å²) in [5.74, 6) is 0. The summed E-state index contributed by atoms with van der Waals surface area (Å²) in [5, 5.41) is 0. The predicted molar refractivity (Wildman–Crippen MR) is 75.3 cm³/mol. The van der Waals surface area contributed by atoms with Crippen molar-refractivity contribution >= 4 is 0 Å². The molecular formula is C16H31N. The Morgan fingerprint density at radius 2 is 1.53 bits per heavy atom. The van der Waals surface area contributed by atoms with Crippen LogP contribution in [0.3, 0.4) is 0 Å². The van der Waals surface area contributed by atoms with Crippen LogP contribution < -0.4 is 0 Å². The van der Waals surface area contributed by atoms with Gasteiger partial charge in [0.25, 0.3) is 0 Å². The highest BCUT2D eigenvalue weighted by atomic mass is 15.3.